The van der Waals surface area contributed by atoms with Gasteiger partial charge in [-0.25, -0.2) is 14.8 Å². The second-order valence-electron chi connectivity index (χ2n) is 5.52. The summed E-state index contributed by atoms with van der Waals surface area (Å²) in [5, 5.41) is 5.41. The molecule has 8 heteroatoms. The van der Waals surface area contributed by atoms with Crippen molar-refractivity contribution in [2.24, 2.45) is 0 Å². The summed E-state index contributed by atoms with van der Waals surface area (Å²) in [6.45, 7) is 2.67. The van der Waals surface area contributed by atoms with Crippen LogP contribution >= 0.6 is 0 Å². The lowest BCUT2D eigenvalue weighted by Gasteiger charge is -2.34. The predicted molar refractivity (Wildman–Crippen MR) is 80.4 cm³/mol. The van der Waals surface area contributed by atoms with Gasteiger partial charge in [-0.15, -0.1) is 0 Å². The molecule has 22 heavy (non-hydrogen) atoms. The molecule has 2 fully saturated rings. The second kappa shape index (κ2) is 6.59. The van der Waals surface area contributed by atoms with Gasteiger partial charge in [0.2, 0.25) is 11.9 Å². The molecule has 2 N–H and O–H groups in total. The number of rotatable bonds is 4. The molecular weight excluding hydrogens is 284 g/mol. The number of carbonyl (C=O) groups is 2. The molecule has 1 aromatic heterocycles. The number of nitrogens with zero attached hydrogens (tertiary/aromatic N) is 4. The van der Waals surface area contributed by atoms with E-state index in [0.717, 1.165) is 12.8 Å². The molecule has 3 amide bonds. The third kappa shape index (κ3) is 3.84. The lowest BCUT2D eigenvalue weighted by molar-refractivity contribution is -0.130. The van der Waals surface area contributed by atoms with E-state index in [9.17, 15) is 9.59 Å². The van der Waals surface area contributed by atoms with E-state index in [1.807, 2.05) is 0 Å². The monoisotopic (exact) mass is 304 g/mol. The average Bonchev–Trinajstić information content (AvgIpc) is 3.37. The van der Waals surface area contributed by atoms with Crippen LogP contribution < -0.4 is 15.5 Å². The number of aromatic nitrogens is 2. The van der Waals surface area contributed by atoms with E-state index in [2.05, 4.69) is 25.5 Å². The van der Waals surface area contributed by atoms with Crippen molar-refractivity contribution in [2.75, 3.05) is 37.6 Å². The molecule has 0 atom stereocenters. The van der Waals surface area contributed by atoms with Crippen molar-refractivity contribution in [1.29, 1.82) is 0 Å². The minimum atomic E-state index is -0.257. The van der Waals surface area contributed by atoms with E-state index in [4.69, 9.17) is 0 Å². The molecular formula is C14H20N6O2. The second-order valence-corrected chi connectivity index (χ2v) is 5.52. The Morgan fingerprint density at radius 2 is 1.82 bits per heavy atom. The number of hydrogen-bond acceptors (Lipinski definition) is 5. The van der Waals surface area contributed by atoms with E-state index >= 15 is 0 Å². The van der Waals surface area contributed by atoms with Crippen molar-refractivity contribution in [3.05, 3.63) is 18.5 Å². The van der Waals surface area contributed by atoms with E-state index in [1.54, 1.807) is 23.4 Å². The predicted octanol–water partition coefficient (Wildman–Crippen LogP) is -0.413. The van der Waals surface area contributed by atoms with E-state index < -0.39 is 0 Å². The van der Waals surface area contributed by atoms with Crippen molar-refractivity contribution in [3.8, 4) is 0 Å². The molecule has 3 rings (SSSR count). The van der Waals surface area contributed by atoms with Crippen LogP contribution in [0.15, 0.2) is 18.5 Å². The molecule has 2 aliphatic rings. The van der Waals surface area contributed by atoms with E-state index in [0.29, 0.717) is 38.2 Å². The molecule has 1 aromatic rings. The van der Waals surface area contributed by atoms with Gasteiger partial charge in [0.1, 0.15) is 0 Å². The summed E-state index contributed by atoms with van der Waals surface area (Å²) in [5.74, 6) is 0.635. The van der Waals surface area contributed by atoms with Gasteiger partial charge in [0.15, 0.2) is 0 Å². The first-order valence-corrected chi connectivity index (χ1v) is 7.56. The summed E-state index contributed by atoms with van der Waals surface area (Å²) in [6, 6.07) is 1.82. The van der Waals surface area contributed by atoms with Gasteiger partial charge < -0.3 is 20.4 Å². The van der Waals surface area contributed by atoms with Gasteiger partial charge in [0.25, 0.3) is 0 Å². The van der Waals surface area contributed by atoms with Gasteiger partial charge in [0, 0.05) is 44.6 Å². The van der Waals surface area contributed by atoms with Crippen molar-refractivity contribution in [3.63, 3.8) is 0 Å². The Labute approximate surface area is 128 Å². The van der Waals surface area contributed by atoms with Crippen molar-refractivity contribution in [2.45, 2.75) is 18.9 Å². The zero-order chi connectivity index (χ0) is 15.4. The number of anilines is 1. The Kier molecular flexibility index (Phi) is 4.36. The normalized spacial score (nSPS) is 18.0. The Bertz CT molecular complexity index is 525. The van der Waals surface area contributed by atoms with Crippen molar-refractivity contribution < 1.29 is 9.59 Å². The lowest BCUT2D eigenvalue weighted by Crippen LogP contribution is -2.52. The smallest absolute Gasteiger partial charge is 0.315 e. The number of carbonyl (C=O) groups excluding carboxylic acids is 2. The zero-order valence-electron chi connectivity index (χ0n) is 12.4. The van der Waals surface area contributed by atoms with Crippen LogP contribution in [0.1, 0.15) is 12.8 Å². The Hall–Kier alpha value is -2.38. The summed E-state index contributed by atoms with van der Waals surface area (Å²) in [7, 11) is 0. The number of piperazine rings is 1. The third-order valence-electron chi connectivity index (χ3n) is 3.78. The summed E-state index contributed by atoms with van der Waals surface area (Å²) in [4.78, 5) is 35.8. The molecule has 0 spiro atoms. The molecule has 1 saturated carbocycles. The number of hydrogen-bond donors (Lipinski definition) is 2. The number of urea groups is 1. The average molecular weight is 304 g/mol. The Morgan fingerprint density at radius 1 is 1.14 bits per heavy atom. The fourth-order valence-electron chi connectivity index (χ4n) is 2.34. The van der Waals surface area contributed by atoms with Crippen molar-refractivity contribution >= 4 is 17.9 Å². The summed E-state index contributed by atoms with van der Waals surface area (Å²) in [5.41, 5.74) is 0. The summed E-state index contributed by atoms with van der Waals surface area (Å²) in [6.07, 6.45) is 5.49. The van der Waals surface area contributed by atoms with Gasteiger partial charge in [-0.1, -0.05) is 0 Å². The molecule has 0 radical (unpaired) electrons. The van der Waals surface area contributed by atoms with Crippen LogP contribution in [0.3, 0.4) is 0 Å². The van der Waals surface area contributed by atoms with Gasteiger partial charge >= 0.3 is 6.03 Å². The first kappa shape index (κ1) is 14.6. The van der Waals surface area contributed by atoms with Crippen molar-refractivity contribution in [1.82, 2.24) is 25.5 Å². The molecule has 0 bridgehead atoms. The first-order valence-electron chi connectivity index (χ1n) is 7.56. The molecule has 118 valence electrons. The maximum Gasteiger partial charge on any atom is 0.315 e. The van der Waals surface area contributed by atoms with E-state index in [-0.39, 0.29) is 18.5 Å². The van der Waals surface area contributed by atoms with Crippen LogP contribution in [0.4, 0.5) is 10.7 Å². The van der Waals surface area contributed by atoms with Crippen LogP contribution in [-0.4, -0.2) is 65.6 Å². The highest BCUT2D eigenvalue weighted by Crippen LogP contribution is 2.18. The highest BCUT2D eigenvalue weighted by Gasteiger charge is 2.25. The molecule has 1 saturated heterocycles. The maximum atomic E-state index is 12.1. The van der Waals surface area contributed by atoms with Gasteiger partial charge in [-0.3, -0.25) is 4.79 Å². The zero-order valence-corrected chi connectivity index (χ0v) is 12.4. The number of amides is 3. The molecule has 0 aromatic carbocycles. The molecule has 0 unspecified atom stereocenters. The minimum absolute atomic E-state index is 0.0421. The largest absolute Gasteiger partial charge is 0.338 e. The molecule has 1 aliphatic carbocycles. The fourth-order valence-corrected chi connectivity index (χ4v) is 2.34. The quantitative estimate of drug-likeness (QED) is 0.789. The Morgan fingerprint density at radius 3 is 2.45 bits per heavy atom. The minimum Gasteiger partial charge on any atom is -0.338 e. The fraction of sp³-hybridized carbons (Fsp3) is 0.571. The van der Waals surface area contributed by atoms with Crippen LogP contribution in [0.5, 0.6) is 0 Å². The SMILES string of the molecule is O=C(NCC(=O)N1CCN(c2ncccn2)CC1)NC1CC1. The number of nitrogens with one attached hydrogen (secondary N) is 2. The van der Waals surface area contributed by atoms with Gasteiger partial charge in [-0.2, -0.15) is 0 Å². The van der Waals surface area contributed by atoms with E-state index in [1.165, 1.54) is 0 Å². The van der Waals surface area contributed by atoms with Crippen LogP contribution in [0.2, 0.25) is 0 Å². The molecule has 2 heterocycles. The lowest BCUT2D eigenvalue weighted by atomic mass is 10.3. The van der Waals surface area contributed by atoms with Gasteiger partial charge in [-0.05, 0) is 18.9 Å². The standard InChI is InChI=1S/C14H20N6O2/c21-12(10-17-14(22)18-11-2-3-11)19-6-8-20(9-7-19)13-15-4-1-5-16-13/h1,4-5,11H,2-3,6-10H2,(H2,17,18,22). The topological polar surface area (TPSA) is 90.5 Å². The first-order chi connectivity index (χ1) is 10.7. The molecule has 8 nitrogen and oxygen atoms in total. The highest BCUT2D eigenvalue weighted by atomic mass is 16.2. The molecule has 1 aliphatic heterocycles. The highest BCUT2D eigenvalue weighted by molar-refractivity contribution is 5.84. The summed E-state index contributed by atoms with van der Waals surface area (Å²) >= 11 is 0. The van der Waals surface area contributed by atoms with Gasteiger partial charge in [0.05, 0.1) is 6.54 Å². The van der Waals surface area contributed by atoms with Crippen LogP contribution in [-0.2, 0) is 4.79 Å². The maximum absolute atomic E-state index is 12.1. The third-order valence-corrected chi connectivity index (χ3v) is 3.78. The van der Waals surface area contributed by atoms with Crippen LogP contribution in [0, 0.1) is 0 Å². The van der Waals surface area contributed by atoms with Crippen LogP contribution in [0.25, 0.3) is 0 Å². The Balaban J connectivity index is 1.40. The summed E-state index contributed by atoms with van der Waals surface area (Å²) < 4.78 is 0.